The molecule has 0 N–H and O–H groups in total. The van der Waals surface area contributed by atoms with Crippen molar-refractivity contribution in [2.45, 2.75) is 25.8 Å². The zero-order valence-corrected chi connectivity index (χ0v) is 14.0. The van der Waals surface area contributed by atoms with Crippen molar-refractivity contribution in [3.63, 3.8) is 0 Å². The van der Waals surface area contributed by atoms with E-state index in [2.05, 4.69) is 25.1 Å². The number of hydrogen-bond acceptors (Lipinski definition) is 6. The van der Waals surface area contributed by atoms with Crippen molar-refractivity contribution in [3.05, 3.63) is 53.2 Å². The highest BCUT2D eigenvalue weighted by molar-refractivity contribution is 6.30. The standard InChI is InChI=1S/C16H17ClN6O/c1-11-20-16(24-21-11)13-4-5-22(8-13)7-12-2-3-14(17)6-15(12)23-10-18-9-19-23/h2-3,6,9-10,13H,4-5,7-8H2,1H3/t13-/m1/s1. The van der Waals surface area contributed by atoms with Gasteiger partial charge in [0.25, 0.3) is 0 Å². The first-order valence-corrected chi connectivity index (χ1v) is 8.23. The first-order valence-electron chi connectivity index (χ1n) is 7.85. The third kappa shape index (κ3) is 3.05. The van der Waals surface area contributed by atoms with Gasteiger partial charge in [-0.15, -0.1) is 0 Å². The van der Waals surface area contributed by atoms with Crippen LogP contribution in [0.4, 0.5) is 0 Å². The molecule has 8 heteroatoms. The van der Waals surface area contributed by atoms with Gasteiger partial charge in [0, 0.05) is 18.1 Å². The molecule has 0 radical (unpaired) electrons. The fraction of sp³-hybridized carbons (Fsp3) is 0.375. The third-order valence-electron chi connectivity index (χ3n) is 4.27. The number of halogens is 1. The second-order valence-corrected chi connectivity index (χ2v) is 6.45. The van der Waals surface area contributed by atoms with Gasteiger partial charge in [-0.25, -0.2) is 9.67 Å². The van der Waals surface area contributed by atoms with E-state index >= 15 is 0 Å². The van der Waals surface area contributed by atoms with E-state index in [0.717, 1.165) is 43.2 Å². The molecule has 3 heterocycles. The molecular weight excluding hydrogens is 328 g/mol. The fourth-order valence-electron chi connectivity index (χ4n) is 3.11. The number of rotatable bonds is 4. The summed E-state index contributed by atoms with van der Waals surface area (Å²) in [5.41, 5.74) is 2.12. The van der Waals surface area contributed by atoms with Crippen LogP contribution in [0, 0.1) is 6.92 Å². The molecule has 1 aromatic carbocycles. The second-order valence-electron chi connectivity index (χ2n) is 6.01. The van der Waals surface area contributed by atoms with Gasteiger partial charge in [-0.3, -0.25) is 4.90 Å². The average Bonchev–Trinajstić information content (AvgIpc) is 3.30. The highest BCUT2D eigenvalue weighted by Crippen LogP contribution is 2.28. The van der Waals surface area contributed by atoms with Crippen LogP contribution in [0.5, 0.6) is 0 Å². The lowest BCUT2D eigenvalue weighted by Crippen LogP contribution is -2.21. The quantitative estimate of drug-likeness (QED) is 0.724. The summed E-state index contributed by atoms with van der Waals surface area (Å²) in [5.74, 6) is 1.73. The Labute approximate surface area is 144 Å². The van der Waals surface area contributed by atoms with Crippen LogP contribution >= 0.6 is 11.6 Å². The minimum atomic E-state index is 0.299. The summed E-state index contributed by atoms with van der Waals surface area (Å²) < 4.78 is 7.06. The van der Waals surface area contributed by atoms with Crippen LogP contribution in [-0.4, -0.2) is 42.9 Å². The van der Waals surface area contributed by atoms with E-state index in [4.69, 9.17) is 16.1 Å². The summed E-state index contributed by atoms with van der Waals surface area (Å²) in [6.45, 7) is 4.56. The van der Waals surface area contributed by atoms with E-state index in [0.29, 0.717) is 16.8 Å². The van der Waals surface area contributed by atoms with Crippen molar-refractivity contribution in [3.8, 4) is 5.69 Å². The van der Waals surface area contributed by atoms with Gasteiger partial charge in [0.2, 0.25) is 5.89 Å². The molecule has 7 nitrogen and oxygen atoms in total. The highest BCUT2D eigenvalue weighted by atomic mass is 35.5. The van der Waals surface area contributed by atoms with E-state index in [-0.39, 0.29) is 0 Å². The molecule has 1 fully saturated rings. The van der Waals surface area contributed by atoms with Crippen molar-refractivity contribution in [1.82, 2.24) is 29.8 Å². The number of aryl methyl sites for hydroxylation is 1. The molecule has 0 aliphatic carbocycles. The molecule has 24 heavy (non-hydrogen) atoms. The Hall–Kier alpha value is -2.25. The normalized spacial score (nSPS) is 18.3. The van der Waals surface area contributed by atoms with Gasteiger partial charge >= 0.3 is 0 Å². The Morgan fingerprint density at radius 2 is 2.29 bits per heavy atom. The summed E-state index contributed by atoms with van der Waals surface area (Å²) in [4.78, 5) is 10.8. The van der Waals surface area contributed by atoms with Gasteiger partial charge < -0.3 is 4.52 Å². The molecule has 4 rings (SSSR count). The molecule has 0 bridgehead atoms. The largest absolute Gasteiger partial charge is 0.339 e. The SMILES string of the molecule is Cc1noc([C@@H]2CCN(Cc3ccc(Cl)cc3-n3cncn3)C2)n1. The van der Waals surface area contributed by atoms with E-state index < -0.39 is 0 Å². The fourth-order valence-corrected chi connectivity index (χ4v) is 3.28. The number of hydrogen-bond donors (Lipinski definition) is 0. The summed E-state index contributed by atoms with van der Waals surface area (Å²) in [7, 11) is 0. The van der Waals surface area contributed by atoms with Crippen molar-refractivity contribution < 1.29 is 4.52 Å². The first-order chi connectivity index (χ1) is 11.7. The van der Waals surface area contributed by atoms with Gasteiger partial charge in [0.1, 0.15) is 12.7 Å². The van der Waals surface area contributed by atoms with E-state index in [1.165, 1.54) is 6.33 Å². The van der Waals surface area contributed by atoms with Crippen LogP contribution in [0.2, 0.25) is 5.02 Å². The zero-order valence-electron chi connectivity index (χ0n) is 13.3. The van der Waals surface area contributed by atoms with E-state index in [1.54, 1.807) is 11.0 Å². The average molecular weight is 345 g/mol. The Kier molecular flexibility index (Phi) is 4.03. The molecule has 0 saturated carbocycles. The van der Waals surface area contributed by atoms with Gasteiger partial charge in [-0.05, 0) is 37.6 Å². The molecule has 1 aliphatic heterocycles. The maximum absolute atomic E-state index is 6.15. The number of aromatic nitrogens is 5. The smallest absolute Gasteiger partial charge is 0.231 e. The zero-order chi connectivity index (χ0) is 16.5. The molecule has 1 aliphatic rings. The second kappa shape index (κ2) is 6.33. The topological polar surface area (TPSA) is 72.9 Å². The minimum Gasteiger partial charge on any atom is -0.339 e. The Bertz CT molecular complexity index is 831. The Morgan fingerprint density at radius 3 is 3.04 bits per heavy atom. The lowest BCUT2D eigenvalue weighted by Gasteiger charge is -2.18. The van der Waals surface area contributed by atoms with Crippen LogP contribution in [0.25, 0.3) is 5.69 Å². The molecule has 0 unspecified atom stereocenters. The monoisotopic (exact) mass is 344 g/mol. The van der Waals surface area contributed by atoms with Crippen molar-refractivity contribution in [2.24, 2.45) is 0 Å². The van der Waals surface area contributed by atoms with Crippen LogP contribution in [0.15, 0.2) is 35.4 Å². The highest BCUT2D eigenvalue weighted by Gasteiger charge is 2.28. The molecule has 124 valence electrons. The van der Waals surface area contributed by atoms with Gasteiger partial charge in [0.15, 0.2) is 5.82 Å². The summed E-state index contributed by atoms with van der Waals surface area (Å²) in [6, 6.07) is 5.87. The molecule has 0 amide bonds. The third-order valence-corrected chi connectivity index (χ3v) is 4.51. The van der Waals surface area contributed by atoms with Crippen LogP contribution in [0.3, 0.4) is 0 Å². The molecule has 0 spiro atoms. The summed E-state index contributed by atoms with van der Waals surface area (Å²) in [5, 5.41) is 8.80. The molecule has 3 aromatic rings. The van der Waals surface area contributed by atoms with Crippen LogP contribution < -0.4 is 0 Å². The van der Waals surface area contributed by atoms with Crippen molar-refractivity contribution >= 4 is 11.6 Å². The number of likely N-dealkylation sites (tertiary alicyclic amines) is 1. The minimum absolute atomic E-state index is 0.299. The van der Waals surface area contributed by atoms with E-state index in [9.17, 15) is 0 Å². The van der Waals surface area contributed by atoms with Crippen molar-refractivity contribution in [1.29, 1.82) is 0 Å². The summed E-state index contributed by atoms with van der Waals surface area (Å²) in [6.07, 6.45) is 4.23. The predicted octanol–water partition coefficient (Wildman–Crippen LogP) is 2.60. The van der Waals surface area contributed by atoms with Gasteiger partial charge in [0.05, 0.1) is 11.6 Å². The summed E-state index contributed by atoms with van der Waals surface area (Å²) >= 11 is 6.15. The molecule has 2 aromatic heterocycles. The lowest BCUT2D eigenvalue weighted by atomic mass is 10.1. The van der Waals surface area contributed by atoms with E-state index in [1.807, 2.05) is 25.1 Å². The van der Waals surface area contributed by atoms with Crippen molar-refractivity contribution in [2.75, 3.05) is 13.1 Å². The lowest BCUT2D eigenvalue weighted by molar-refractivity contribution is 0.308. The molecular formula is C16H17ClN6O. The predicted molar refractivity (Wildman–Crippen MR) is 88.0 cm³/mol. The number of nitrogens with zero attached hydrogens (tertiary/aromatic N) is 6. The Balaban J connectivity index is 1.52. The maximum Gasteiger partial charge on any atom is 0.231 e. The molecule has 1 saturated heterocycles. The number of benzene rings is 1. The molecule has 1 atom stereocenters. The van der Waals surface area contributed by atoms with Gasteiger partial charge in [-0.2, -0.15) is 10.1 Å². The van der Waals surface area contributed by atoms with Gasteiger partial charge in [-0.1, -0.05) is 22.8 Å². The Morgan fingerprint density at radius 1 is 1.38 bits per heavy atom. The van der Waals surface area contributed by atoms with Crippen LogP contribution in [-0.2, 0) is 6.54 Å². The maximum atomic E-state index is 6.15. The van der Waals surface area contributed by atoms with Crippen LogP contribution in [0.1, 0.15) is 29.6 Å². The first kappa shape index (κ1) is 15.3.